The second-order valence-electron chi connectivity index (χ2n) is 4.34. The second kappa shape index (κ2) is 4.31. The average Bonchev–Trinajstić information content (AvgIpc) is 2.43. The van der Waals surface area contributed by atoms with Gasteiger partial charge in [0.05, 0.1) is 5.69 Å². The molecule has 1 aliphatic heterocycles. The van der Waals surface area contributed by atoms with Crippen LogP contribution in [0.3, 0.4) is 0 Å². The van der Waals surface area contributed by atoms with Gasteiger partial charge in [-0.25, -0.2) is 8.78 Å². The number of hydrogen-bond donors (Lipinski definition) is 1. The number of anilines is 2. The zero-order valence-electron chi connectivity index (χ0n) is 9.76. The molecule has 92 valence electrons. The van der Waals surface area contributed by atoms with E-state index in [1.165, 1.54) is 6.07 Å². The van der Waals surface area contributed by atoms with E-state index in [1.807, 2.05) is 13.8 Å². The molecular formula is C12H14F2N2O. The van der Waals surface area contributed by atoms with Crippen molar-refractivity contribution < 1.29 is 13.6 Å². The fraction of sp³-hybridized carbons (Fsp3) is 0.417. The highest BCUT2D eigenvalue weighted by Crippen LogP contribution is 2.34. The summed E-state index contributed by atoms with van der Waals surface area (Å²) in [5.74, 6) is -1.98. The normalized spacial score (nSPS) is 15.6. The van der Waals surface area contributed by atoms with E-state index in [0.29, 0.717) is 12.2 Å². The van der Waals surface area contributed by atoms with Crippen molar-refractivity contribution in [2.24, 2.45) is 0 Å². The summed E-state index contributed by atoms with van der Waals surface area (Å²) in [7, 11) is 0. The van der Waals surface area contributed by atoms with E-state index in [1.54, 1.807) is 4.90 Å². The van der Waals surface area contributed by atoms with Crippen LogP contribution >= 0.6 is 0 Å². The highest BCUT2D eigenvalue weighted by molar-refractivity contribution is 5.96. The van der Waals surface area contributed by atoms with Gasteiger partial charge in [-0.15, -0.1) is 0 Å². The summed E-state index contributed by atoms with van der Waals surface area (Å²) in [6.45, 7) is 4.14. The SMILES string of the molecule is CC(C)N1CCC(=O)Nc2ccc(F)c(F)c21. The summed E-state index contributed by atoms with van der Waals surface area (Å²) >= 11 is 0. The number of halogens is 2. The fourth-order valence-electron chi connectivity index (χ4n) is 1.98. The first-order chi connectivity index (χ1) is 8.00. The number of benzene rings is 1. The van der Waals surface area contributed by atoms with Crippen LogP contribution in [0.15, 0.2) is 12.1 Å². The number of fused-ring (bicyclic) bond motifs is 1. The largest absolute Gasteiger partial charge is 0.364 e. The predicted molar refractivity (Wildman–Crippen MR) is 62.1 cm³/mol. The van der Waals surface area contributed by atoms with Gasteiger partial charge in [-0.2, -0.15) is 0 Å². The molecule has 1 aromatic rings. The maximum absolute atomic E-state index is 13.8. The molecule has 1 N–H and O–H groups in total. The number of amides is 1. The Bertz CT molecular complexity index is 460. The van der Waals surface area contributed by atoms with Crippen LogP contribution in [0.5, 0.6) is 0 Å². The van der Waals surface area contributed by atoms with Crippen LogP contribution < -0.4 is 10.2 Å². The Balaban J connectivity index is 2.58. The molecule has 0 unspecified atom stereocenters. The molecule has 1 amide bonds. The van der Waals surface area contributed by atoms with Crippen molar-refractivity contribution in [2.75, 3.05) is 16.8 Å². The first-order valence-corrected chi connectivity index (χ1v) is 5.55. The lowest BCUT2D eigenvalue weighted by atomic mass is 10.2. The summed E-state index contributed by atoms with van der Waals surface area (Å²) in [5.41, 5.74) is 0.478. The van der Waals surface area contributed by atoms with Crippen LogP contribution in [0.2, 0.25) is 0 Å². The number of hydrogen-bond acceptors (Lipinski definition) is 2. The maximum atomic E-state index is 13.8. The molecule has 1 aromatic carbocycles. The van der Waals surface area contributed by atoms with Crippen LogP contribution in [-0.4, -0.2) is 18.5 Å². The summed E-state index contributed by atoms with van der Waals surface area (Å²) < 4.78 is 27.1. The molecule has 0 fully saturated rings. The average molecular weight is 240 g/mol. The maximum Gasteiger partial charge on any atom is 0.226 e. The van der Waals surface area contributed by atoms with Gasteiger partial charge in [-0.1, -0.05) is 0 Å². The third kappa shape index (κ3) is 2.09. The molecule has 0 saturated carbocycles. The van der Waals surface area contributed by atoms with Gasteiger partial charge in [-0.3, -0.25) is 4.79 Å². The van der Waals surface area contributed by atoms with Gasteiger partial charge in [0, 0.05) is 19.0 Å². The van der Waals surface area contributed by atoms with E-state index < -0.39 is 11.6 Å². The molecule has 0 atom stereocenters. The highest BCUT2D eigenvalue weighted by atomic mass is 19.2. The van der Waals surface area contributed by atoms with E-state index in [-0.39, 0.29) is 24.1 Å². The molecule has 1 aliphatic rings. The Labute approximate surface area is 98.4 Å². The lowest BCUT2D eigenvalue weighted by Crippen LogP contribution is -2.32. The topological polar surface area (TPSA) is 32.3 Å². The van der Waals surface area contributed by atoms with Gasteiger partial charge in [-0.05, 0) is 26.0 Å². The van der Waals surface area contributed by atoms with E-state index >= 15 is 0 Å². The summed E-state index contributed by atoms with van der Waals surface area (Å²) in [6.07, 6.45) is 0.272. The molecule has 0 spiro atoms. The summed E-state index contributed by atoms with van der Waals surface area (Å²) in [4.78, 5) is 13.2. The molecule has 17 heavy (non-hydrogen) atoms. The van der Waals surface area contributed by atoms with Crippen LogP contribution in [0.4, 0.5) is 20.2 Å². The van der Waals surface area contributed by atoms with Crippen LogP contribution in [-0.2, 0) is 4.79 Å². The van der Waals surface area contributed by atoms with Crippen molar-refractivity contribution in [2.45, 2.75) is 26.3 Å². The molecule has 3 nitrogen and oxygen atoms in total. The lowest BCUT2D eigenvalue weighted by molar-refractivity contribution is -0.115. The fourth-order valence-corrected chi connectivity index (χ4v) is 1.98. The number of rotatable bonds is 1. The van der Waals surface area contributed by atoms with Gasteiger partial charge in [0.1, 0.15) is 5.69 Å². The Morgan fingerprint density at radius 3 is 2.71 bits per heavy atom. The molecule has 0 radical (unpaired) electrons. The van der Waals surface area contributed by atoms with Gasteiger partial charge in [0.25, 0.3) is 0 Å². The van der Waals surface area contributed by atoms with Gasteiger partial charge < -0.3 is 10.2 Å². The quantitative estimate of drug-likeness (QED) is 0.818. The molecule has 0 saturated heterocycles. The molecule has 5 heteroatoms. The highest BCUT2D eigenvalue weighted by Gasteiger charge is 2.25. The monoisotopic (exact) mass is 240 g/mol. The molecule has 0 bridgehead atoms. The standard InChI is InChI=1S/C12H14F2N2O/c1-7(2)16-6-5-10(17)15-9-4-3-8(13)11(14)12(9)16/h3-4,7H,5-6H2,1-2H3,(H,15,17). The predicted octanol–water partition coefficient (Wildman–Crippen LogP) is 2.52. The van der Waals surface area contributed by atoms with Gasteiger partial charge in [0.15, 0.2) is 11.6 Å². The number of nitrogens with zero attached hydrogens (tertiary/aromatic N) is 1. The van der Waals surface area contributed by atoms with Crippen molar-refractivity contribution in [1.82, 2.24) is 0 Å². The number of carbonyl (C=O) groups is 1. The Morgan fingerprint density at radius 2 is 2.06 bits per heavy atom. The van der Waals surface area contributed by atoms with Crippen molar-refractivity contribution in [3.63, 3.8) is 0 Å². The second-order valence-corrected chi connectivity index (χ2v) is 4.34. The third-order valence-electron chi connectivity index (χ3n) is 2.83. The first kappa shape index (κ1) is 11.8. The molecular weight excluding hydrogens is 226 g/mol. The third-order valence-corrected chi connectivity index (χ3v) is 2.83. The van der Waals surface area contributed by atoms with E-state index in [2.05, 4.69) is 5.32 Å². The smallest absolute Gasteiger partial charge is 0.226 e. The Hall–Kier alpha value is -1.65. The van der Waals surface area contributed by atoms with Crippen LogP contribution in [0, 0.1) is 11.6 Å². The molecule has 0 aliphatic carbocycles. The van der Waals surface area contributed by atoms with E-state index in [9.17, 15) is 13.6 Å². The summed E-state index contributed by atoms with van der Waals surface area (Å²) in [5, 5.41) is 2.59. The zero-order valence-corrected chi connectivity index (χ0v) is 9.76. The minimum Gasteiger partial charge on any atom is -0.364 e. The van der Waals surface area contributed by atoms with Gasteiger partial charge >= 0.3 is 0 Å². The van der Waals surface area contributed by atoms with Gasteiger partial charge in [0.2, 0.25) is 5.91 Å². The van der Waals surface area contributed by atoms with Crippen molar-refractivity contribution >= 4 is 17.3 Å². The van der Waals surface area contributed by atoms with Crippen molar-refractivity contribution in [1.29, 1.82) is 0 Å². The van der Waals surface area contributed by atoms with Crippen molar-refractivity contribution in [3.05, 3.63) is 23.8 Å². The summed E-state index contributed by atoms with van der Waals surface area (Å²) in [6, 6.07) is 2.42. The molecule has 1 heterocycles. The number of carbonyl (C=O) groups excluding carboxylic acids is 1. The number of nitrogens with one attached hydrogen (secondary N) is 1. The minimum atomic E-state index is -0.904. The lowest BCUT2D eigenvalue weighted by Gasteiger charge is -2.28. The zero-order chi connectivity index (χ0) is 12.6. The minimum absolute atomic E-state index is 0.00208. The first-order valence-electron chi connectivity index (χ1n) is 5.55. The Kier molecular flexibility index (Phi) is 3.00. The van der Waals surface area contributed by atoms with E-state index in [4.69, 9.17) is 0 Å². The molecule has 0 aromatic heterocycles. The van der Waals surface area contributed by atoms with E-state index in [0.717, 1.165) is 6.07 Å². The van der Waals surface area contributed by atoms with Crippen LogP contribution in [0.1, 0.15) is 20.3 Å². The van der Waals surface area contributed by atoms with Crippen LogP contribution in [0.25, 0.3) is 0 Å². The Morgan fingerprint density at radius 1 is 1.35 bits per heavy atom. The molecule has 2 rings (SSSR count). The van der Waals surface area contributed by atoms with Crippen molar-refractivity contribution in [3.8, 4) is 0 Å².